The molecule has 0 saturated heterocycles. The van der Waals surface area contributed by atoms with E-state index in [0.717, 1.165) is 24.4 Å². The fourth-order valence-corrected chi connectivity index (χ4v) is 2.91. The third-order valence-electron chi connectivity index (χ3n) is 3.89. The van der Waals surface area contributed by atoms with Crippen LogP contribution in [0.3, 0.4) is 0 Å². The second-order valence-electron chi connectivity index (χ2n) is 6.51. The normalized spacial score (nSPS) is 20.7. The van der Waals surface area contributed by atoms with Crippen molar-refractivity contribution in [1.82, 2.24) is 14.8 Å². The van der Waals surface area contributed by atoms with Gasteiger partial charge in [0.1, 0.15) is 5.69 Å². The predicted molar refractivity (Wildman–Crippen MR) is 75.8 cm³/mol. The van der Waals surface area contributed by atoms with Gasteiger partial charge in [-0.25, -0.2) is 0 Å². The zero-order valence-corrected chi connectivity index (χ0v) is 12.4. The summed E-state index contributed by atoms with van der Waals surface area (Å²) in [6, 6.07) is 4.16. The molecule has 1 atom stereocenters. The van der Waals surface area contributed by atoms with Gasteiger partial charge in [-0.2, -0.15) is 18.3 Å². The van der Waals surface area contributed by atoms with E-state index in [1.54, 1.807) is 10.7 Å². The molecule has 0 aromatic carbocycles. The van der Waals surface area contributed by atoms with Crippen molar-refractivity contribution in [2.45, 2.75) is 39.0 Å². The number of hydrogen-bond donors (Lipinski definition) is 1. The number of fused-ring (bicyclic) bond motifs is 1. The lowest BCUT2D eigenvalue weighted by Gasteiger charge is -2.34. The van der Waals surface area contributed by atoms with Crippen LogP contribution in [0.2, 0.25) is 0 Å². The standard InChI is InChI=1S/C15H17F3N4/c1-14(2)7-10(19)12-6-11(21-22(12)8-14)9-3-4-20-13(5-9)15(16,17)18/h3-6,10H,7-8,19H2,1-2H3/t10-/m0/s1. The van der Waals surface area contributed by atoms with Gasteiger partial charge in [-0.3, -0.25) is 9.67 Å². The lowest BCUT2D eigenvalue weighted by Crippen LogP contribution is -2.33. The summed E-state index contributed by atoms with van der Waals surface area (Å²) >= 11 is 0. The Hall–Kier alpha value is -1.89. The fourth-order valence-electron chi connectivity index (χ4n) is 2.91. The van der Waals surface area contributed by atoms with Crippen LogP contribution in [-0.4, -0.2) is 14.8 Å². The maximum absolute atomic E-state index is 12.8. The molecule has 1 aliphatic heterocycles. The molecule has 0 saturated carbocycles. The zero-order chi connectivity index (χ0) is 16.1. The Morgan fingerprint density at radius 3 is 2.73 bits per heavy atom. The van der Waals surface area contributed by atoms with Gasteiger partial charge < -0.3 is 5.73 Å². The molecule has 2 aromatic rings. The van der Waals surface area contributed by atoms with Crippen molar-refractivity contribution in [2.24, 2.45) is 11.1 Å². The molecule has 4 nitrogen and oxygen atoms in total. The smallest absolute Gasteiger partial charge is 0.323 e. The number of nitrogens with zero attached hydrogens (tertiary/aromatic N) is 3. The quantitative estimate of drug-likeness (QED) is 0.878. The molecular formula is C15H17F3N4. The third kappa shape index (κ3) is 2.72. The van der Waals surface area contributed by atoms with Crippen LogP contribution in [0.4, 0.5) is 13.2 Å². The van der Waals surface area contributed by atoms with Gasteiger partial charge in [-0.1, -0.05) is 13.8 Å². The van der Waals surface area contributed by atoms with Gasteiger partial charge in [0.15, 0.2) is 0 Å². The van der Waals surface area contributed by atoms with Crippen LogP contribution in [0.1, 0.15) is 37.7 Å². The minimum Gasteiger partial charge on any atom is -0.323 e. The Bertz CT molecular complexity index is 703. The Morgan fingerprint density at radius 2 is 2.05 bits per heavy atom. The van der Waals surface area contributed by atoms with Crippen molar-refractivity contribution in [3.8, 4) is 11.3 Å². The van der Waals surface area contributed by atoms with Crippen LogP contribution in [0, 0.1) is 5.41 Å². The predicted octanol–water partition coefficient (Wildman–Crippen LogP) is 3.39. The average molecular weight is 310 g/mol. The summed E-state index contributed by atoms with van der Waals surface area (Å²) in [5.41, 5.74) is 7.02. The van der Waals surface area contributed by atoms with Crippen LogP contribution in [0.15, 0.2) is 24.4 Å². The van der Waals surface area contributed by atoms with E-state index in [9.17, 15) is 13.2 Å². The molecule has 0 aliphatic carbocycles. The molecule has 3 rings (SSSR count). The first-order chi connectivity index (χ1) is 10.2. The van der Waals surface area contributed by atoms with E-state index in [1.807, 2.05) is 0 Å². The highest BCUT2D eigenvalue weighted by molar-refractivity contribution is 5.60. The van der Waals surface area contributed by atoms with Gasteiger partial charge in [0.25, 0.3) is 0 Å². The maximum atomic E-state index is 12.8. The molecule has 1 aliphatic rings. The maximum Gasteiger partial charge on any atom is 0.433 e. The molecule has 0 fully saturated rings. The van der Waals surface area contributed by atoms with Gasteiger partial charge in [0, 0.05) is 24.3 Å². The molecule has 0 bridgehead atoms. The molecule has 118 valence electrons. The molecular weight excluding hydrogens is 293 g/mol. The zero-order valence-electron chi connectivity index (χ0n) is 12.4. The summed E-state index contributed by atoms with van der Waals surface area (Å²) in [6.07, 6.45) is -2.49. The number of alkyl halides is 3. The lowest BCUT2D eigenvalue weighted by atomic mass is 9.82. The third-order valence-corrected chi connectivity index (χ3v) is 3.89. The number of aromatic nitrogens is 3. The molecule has 22 heavy (non-hydrogen) atoms. The summed E-state index contributed by atoms with van der Waals surface area (Å²) in [7, 11) is 0. The van der Waals surface area contributed by atoms with Crippen LogP contribution >= 0.6 is 0 Å². The Kier molecular flexibility index (Phi) is 3.28. The first kappa shape index (κ1) is 15.0. The monoisotopic (exact) mass is 310 g/mol. The van der Waals surface area contributed by atoms with Gasteiger partial charge in [0.2, 0.25) is 0 Å². The van der Waals surface area contributed by atoms with Crippen molar-refractivity contribution in [2.75, 3.05) is 0 Å². The SMILES string of the molecule is CC1(C)C[C@H](N)c2cc(-c3ccnc(C(F)(F)F)c3)nn2C1. The first-order valence-electron chi connectivity index (χ1n) is 7.03. The second kappa shape index (κ2) is 4.81. The molecule has 0 amide bonds. The number of hydrogen-bond acceptors (Lipinski definition) is 3. The minimum absolute atomic E-state index is 0.0189. The van der Waals surface area contributed by atoms with Gasteiger partial charge in [0.05, 0.1) is 11.4 Å². The number of rotatable bonds is 1. The van der Waals surface area contributed by atoms with Gasteiger partial charge >= 0.3 is 6.18 Å². The molecule has 2 aromatic heterocycles. The van der Waals surface area contributed by atoms with Crippen molar-refractivity contribution < 1.29 is 13.2 Å². The number of halogens is 3. The molecule has 2 N–H and O–H groups in total. The lowest BCUT2D eigenvalue weighted by molar-refractivity contribution is -0.141. The largest absolute Gasteiger partial charge is 0.433 e. The van der Waals surface area contributed by atoms with E-state index in [4.69, 9.17) is 5.73 Å². The van der Waals surface area contributed by atoms with Crippen molar-refractivity contribution in [3.05, 3.63) is 35.8 Å². The minimum atomic E-state index is -4.46. The summed E-state index contributed by atoms with van der Waals surface area (Å²) in [5.74, 6) is 0. The van der Waals surface area contributed by atoms with E-state index < -0.39 is 11.9 Å². The number of pyridine rings is 1. The van der Waals surface area contributed by atoms with E-state index >= 15 is 0 Å². The van der Waals surface area contributed by atoms with Gasteiger partial charge in [-0.05, 0) is 30.0 Å². The molecule has 7 heteroatoms. The second-order valence-corrected chi connectivity index (χ2v) is 6.51. The molecule has 0 radical (unpaired) electrons. The topological polar surface area (TPSA) is 56.7 Å². The van der Waals surface area contributed by atoms with E-state index in [2.05, 4.69) is 23.9 Å². The van der Waals surface area contributed by atoms with E-state index in [1.165, 1.54) is 6.07 Å². The van der Waals surface area contributed by atoms with E-state index in [-0.39, 0.29) is 11.5 Å². The van der Waals surface area contributed by atoms with E-state index in [0.29, 0.717) is 17.8 Å². The Morgan fingerprint density at radius 1 is 1.32 bits per heavy atom. The molecule has 0 spiro atoms. The summed E-state index contributed by atoms with van der Waals surface area (Å²) < 4.78 is 40.1. The molecule has 0 unspecified atom stereocenters. The summed E-state index contributed by atoms with van der Waals surface area (Å²) in [4.78, 5) is 3.37. The van der Waals surface area contributed by atoms with Crippen LogP contribution in [-0.2, 0) is 12.7 Å². The average Bonchev–Trinajstić information content (AvgIpc) is 2.80. The Labute approximate surface area is 126 Å². The Balaban J connectivity index is 2.01. The highest BCUT2D eigenvalue weighted by Crippen LogP contribution is 2.37. The van der Waals surface area contributed by atoms with Gasteiger partial charge in [-0.15, -0.1) is 0 Å². The van der Waals surface area contributed by atoms with Crippen molar-refractivity contribution in [3.63, 3.8) is 0 Å². The number of nitrogens with two attached hydrogens (primary N) is 1. The van der Waals surface area contributed by atoms with Crippen molar-refractivity contribution >= 4 is 0 Å². The highest BCUT2D eigenvalue weighted by Gasteiger charge is 2.34. The first-order valence-corrected chi connectivity index (χ1v) is 7.03. The van der Waals surface area contributed by atoms with Crippen LogP contribution in [0.25, 0.3) is 11.3 Å². The summed E-state index contributed by atoms with van der Waals surface area (Å²) in [6.45, 7) is 4.91. The summed E-state index contributed by atoms with van der Waals surface area (Å²) in [5, 5.41) is 4.43. The molecule has 3 heterocycles. The van der Waals surface area contributed by atoms with Crippen molar-refractivity contribution in [1.29, 1.82) is 0 Å². The fraction of sp³-hybridized carbons (Fsp3) is 0.467. The highest BCUT2D eigenvalue weighted by atomic mass is 19.4. The van der Waals surface area contributed by atoms with Crippen LogP contribution < -0.4 is 5.73 Å². The van der Waals surface area contributed by atoms with Crippen LogP contribution in [0.5, 0.6) is 0 Å².